The summed E-state index contributed by atoms with van der Waals surface area (Å²) in [7, 11) is 1.74. The van der Waals surface area contributed by atoms with Crippen LogP contribution >= 0.6 is 11.8 Å². The van der Waals surface area contributed by atoms with Gasteiger partial charge in [-0.1, -0.05) is 36.0 Å². The van der Waals surface area contributed by atoms with Crippen molar-refractivity contribution in [1.82, 2.24) is 25.1 Å². The predicted octanol–water partition coefficient (Wildman–Crippen LogP) is 3.73. The lowest BCUT2D eigenvalue weighted by Gasteiger charge is -2.25. The number of aromatic nitrogens is 4. The van der Waals surface area contributed by atoms with Crippen molar-refractivity contribution in [3.8, 4) is 5.69 Å². The van der Waals surface area contributed by atoms with Crippen LogP contribution in [0.25, 0.3) is 5.69 Å². The number of hydrogen-bond donors (Lipinski definition) is 0. The van der Waals surface area contributed by atoms with E-state index in [0.29, 0.717) is 5.16 Å². The van der Waals surface area contributed by atoms with Crippen LogP contribution in [-0.4, -0.2) is 43.8 Å². The summed E-state index contributed by atoms with van der Waals surface area (Å²) in [5.41, 5.74) is 4.01. The predicted molar refractivity (Wildman–Crippen MR) is 107 cm³/mol. The molecule has 2 aromatic carbocycles. The van der Waals surface area contributed by atoms with Crippen molar-refractivity contribution in [1.29, 1.82) is 0 Å². The van der Waals surface area contributed by atoms with Crippen LogP contribution in [0.15, 0.2) is 47.6 Å². The highest BCUT2D eigenvalue weighted by atomic mass is 32.2. The van der Waals surface area contributed by atoms with Gasteiger partial charge in [-0.2, -0.15) is 4.68 Å². The maximum absolute atomic E-state index is 13.1. The first-order valence-corrected chi connectivity index (χ1v) is 9.86. The molecule has 0 radical (unpaired) electrons. The van der Waals surface area contributed by atoms with E-state index in [2.05, 4.69) is 15.5 Å². The van der Waals surface area contributed by atoms with Gasteiger partial charge in [0.25, 0.3) is 0 Å². The monoisotopic (exact) mass is 399 g/mol. The number of amides is 1. The number of hydrogen-bond acceptors (Lipinski definition) is 5. The Balaban J connectivity index is 1.69. The molecule has 0 bridgehead atoms. The van der Waals surface area contributed by atoms with Gasteiger partial charge in [-0.25, -0.2) is 4.39 Å². The van der Waals surface area contributed by atoms with Crippen LogP contribution in [0.5, 0.6) is 0 Å². The zero-order valence-electron chi connectivity index (χ0n) is 16.3. The molecule has 0 N–H and O–H groups in total. The Bertz CT molecular complexity index is 973. The topological polar surface area (TPSA) is 63.9 Å². The number of halogens is 1. The molecular weight excluding hydrogens is 377 g/mol. The molecule has 0 aliphatic heterocycles. The van der Waals surface area contributed by atoms with Gasteiger partial charge < -0.3 is 4.90 Å². The van der Waals surface area contributed by atoms with E-state index in [1.54, 1.807) is 28.8 Å². The Kier molecular flexibility index (Phi) is 6.08. The molecule has 146 valence electrons. The van der Waals surface area contributed by atoms with Gasteiger partial charge in [-0.15, -0.1) is 5.10 Å². The number of nitrogens with zero attached hydrogens (tertiary/aromatic N) is 5. The molecule has 3 aromatic rings. The lowest BCUT2D eigenvalue weighted by molar-refractivity contribution is -0.128. The van der Waals surface area contributed by atoms with E-state index in [9.17, 15) is 9.18 Å². The fraction of sp³-hybridized carbons (Fsp3) is 0.300. The Hall–Kier alpha value is -2.74. The summed E-state index contributed by atoms with van der Waals surface area (Å²) in [6.07, 6.45) is 0. The summed E-state index contributed by atoms with van der Waals surface area (Å²) < 4.78 is 14.8. The molecule has 28 heavy (non-hydrogen) atoms. The SMILES string of the molecule is Cc1cccc(-n2nnnc2SCC(=O)N(C)C(C)c2ccc(F)cc2)c1C. The molecular formula is C20H22FN5OS. The molecule has 1 aromatic heterocycles. The van der Waals surface area contributed by atoms with Crippen LogP contribution in [0.1, 0.15) is 29.7 Å². The van der Waals surface area contributed by atoms with E-state index in [1.807, 2.05) is 39.0 Å². The molecule has 6 nitrogen and oxygen atoms in total. The maximum atomic E-state index is 13.1. The van der Waals surface area contributed by atoms with Crippen LogP contribution in [0.4, 0.5) is 4.39 Å². The number of tetrazole rings is 1. The van der Waals surface area contributed by atoms with Gasteiger partial charge in [0.1, 0.15) is 5.82 Å². The Morgan fingerprint density at radius 2 is 1.93 bits per heavy atom. The molecule has 0 aliphatic rings. The lowest BCUT2D eigenvalue weighted by atomic mass is 10.1. The molecule has 8 heteroatoms. The van der Waals surface area contributed by atoms with Gasteiger partial charge in [0.05, 0.1) is 17.5 Å². The average Bonchev–Trinajstić information content (AvgIpc) is 3.16. The zero-order chi connectivity index (χ0) is 20.3. The summed E-state index contributed by atoms with van der Waals surface area (Å²) in [5.74, 6) is -0.149. The fourth-order valence-electron chi connectivity index (χ4n) is 2.79. The summed E-state index contributed by atoms with van der Waals surface area (Å²) in [5, 5.41) is 12.5. The van der Waals surface area contributed by atoms with E-state index < -0.39 is 0 Å². The number of rotatable bonds is 6. The molecule has 0 aliphatic carbocycles. The van der Waals surface area contributed by atoms with E-state index in [4.69, 9.17) is 0 Å². The van der Waals surface area contributed by atoms with Gasteiger partial charge in [-0.3, -0.25) is 4.79 Å². The largest absolute Gasteiger partial charge is 0.338 e. The van der Waals surface area contributed by atoms with E-state index in [1.165, 1.54) is 23.9 Å². The zero-order valence-corrected chi connectivity index (χ0v) is 17.1. The fourth-order valence-corrected chi connectivity index (χ4v) is 3.60. The van der Waals surface area contributed by atoms with Gasteiger partial charge in [0.15, 0.2) is 0 Å². The summed E-state index contributed by atoms with van der Waals surface area (Å²) in [4.78, 5) is 14.3. The van der Waals surface area contributed by atoms with Gasteiger partial charge >= 0.3 is 0 Å². The minimum Gasteiger partial charge on any atom is -0.338 e. The number of benzene rings is 2. The number of thioether (sulfide) groups is 1. The Labute approximate surface area is 167 Å². The number of aryl methyl sites for hydroxylation is 1. The quantitative estimate of drug-likeness (QED) is 0.591. The third-order valence-corrected chi connectivity index (χ3v) is 5.80. The van der Waals surface area contributed by atoms with Crippen molar-refractivity contribution in [3.05, 3.63) is 65.0 Å². The smallest absolute Gasteiger partial charge is 0.233 e. The third kappa shape index (κ3) is 4.22. The summed E-state index contributed by atoms with van der Waals surface area (Å²) in [6.45, 7) is 5.96. The first-order chi connectivity index (χ1) is 13.4. The number of carbonyl (C=O) groups excluding carboxylic acids is 1. The van der Waals surface area contributed by atoms with Crippen LogP contribution < -0.4 is 0 Å². The van der Waals surface area contributed by atoms with Crippen molar-refractivity contribution in [2.75, 3.05) is 12.8 Å². The Morgan fingerprint density at radius 3 is 2.64 bits per heavy atom. The Morgan fingerprint density at radius 1 is 1.21 bits per heavy atom. The van der Waals surface area contributed by atoms with Gasteiger partial charge in [0.2, 0.25) is 11.1 Å². The van der Waals surface area contributed by atoms with Crippen LogP contribution in [0.3, 0.4) is 0 Å². The standard InChI is InChI=1S/C20H22FN5OS/c1-13-6-5-7-18(14(13)2)26-20(22-23-24-26)28-12-19(27)25(4)15(3)16-8-10-17(21)11-9-16/h5-11,15H,12H2,1-4H3. The molecule has 1 heterocycles. The lowest BCUT2D eigenvalue weighted by Crippen LogP contribution is -2.31. The highest BCUT2D eigenvalue weighted by Crippen LogP contribution is 2.24. The second-order valence-corrected chi connectivity index (χ2v) is 7.56. The summed E-state index contributed by atoms with van der Waals surface area (Å²) in [6, 6.07) is 12.0. The van der Waals surface area contributed by atoms with E-state index in [-0.39, 0.29) is 23.5 Å². The molecule has 0 saturated heterocycles. The molecule has 0 spiro atoms. The molecule has 3 rings (SSSR count). The van der Waals surface area contributed by atoms with Crippen LogP contribution in [0.2, 0.25) is 0 Å². The minimum atomic E-state index is -0.293. The van der Waals surface area contributed by atoms with E-state index >= 15 is 0 Å². The second-order valence-electron chi connectivity index (χ2n) is 6.61. The highest BCUT2D eigenvalue weighted by molar-refractivity contribution is 7.99. The third-order valence-electron chi connectivity index (χ3n) is 4.90. The van der Waals surface area contributed by atoms with Crippen LogP contribution in [0, 0.1) is 19.7 Å². The molecule has 1 amide bonds. The highest BCUT2D eigenvalue weighted by Gasteiger charge is 2.20. The summed E-state index contributed by atoms with van der Waals surface area (Å²) >= 11 is 1.29. The van der Waals surface area contributed by atoms with Crippen molar-refractivity contribution in [3.63, 3.8) is 0 Å². The average molecular weight is 399 g/mol. The number of carbonyl (C=O) groups is 1. The minimum absolute atomic E-state index is 0.0580. The molecule has 1 atom stereocenters. The normalized spacial score (nSPS) is 12.0. The second kappa shape index (κ2) is 8.52. The van der Waals surface area contributed by atoms with Crippen molar-refractivity contribution in [2.24, 2.45) is 0 Å². The molecule has 0 saturated carbocycles. The van der Waals surface area contributed by atoms with Crippen molar-refractivity contribution >= 4 is 17.7 Å². The van der Waals surface area contributed by atoms with Crippen molar-refractivity contribution in [2.45, 2.75) is 32.0 Å². The van der Waals surface area contributed by atoms with Gasteiger partial charge in [-0.05, 0) is 66.1 Å². The van der Waals surface area contributed by atoms with E-state index in [0.717, 1.165) is 22.4 Å². The maximum Gasteiger partial charge on any atom is 0.233 e. The first-order valence-electron chi connectivity index (χ1n) is 8.87. The van der Waals surface area contributed by atoms with Crippen molar-refractivity contribution < 1.29 is 9.18 Å². The first kappa shape index (κ1) is 20.0. The van der Waals surface area contributed by atoms with Gasteiger partial charge in [0, 0.05) is 7.05 Å². The van der Waals surface area contributed by atoms with Crippen LogP contribution in [-0.2, 0) is 4.79 Å². The molecule has 0 fully saturated rings. The molecule has 1 unspecified atom stereocenters.